The number of fused-ring (bicyclic) bond motifs is 3. The van der Waals surface area contributed by atoms with Crippen molar-refractivity contribution < 1.29 is 33.8 Å². The molecule has 17 nitrogen and oxygen atoms in total. The maximum Gasteiger partial charge on any atom is 0.246 e. The van der Waals surface area contributed by atoms with Gasteiger partial charge in [-0.1, -0.05) is 87.8 Å². The van der Waals surface area contributed by atoms with Gasteiger partial charge in [0.15, 0.2) is 11.6 Å². The van der Waals surface area contributed by atoms with Crippen LogP contribution in [0.25, 0.3) is 15.4 Å². The van der Waals surface area contributed by atoms with Gasteiger partial charge in [0.25, 0.3) is 0 Å². The third-order valence-electron chi connectivity index (χ3n) is 15.5. The lowest BCUT2D eigenvalue weighted by Gasteiger charge is -2.36. The molecule has 6 heterocycles. The average molecular weight is 1140 g/mol. The maximum absolute atomic E-state index is 14.2. The topological polar surface area (TPSA) is 205 Å². The normalized spacial score (nSPS) is 18.4. The van der Waals surface area contributed by atoms with Crippen LogP contribution in [0.3, 0.4) is 0 Å². The molecular weight excluding hydrogens is 1070 g/mol. The Morgan fingerprint density at radius 1 is 0.850 bits per heavy atom. The number of ether oxygens (including phenoxy) is 1. The van der Waals surface area contributed by atoms with Gasteiger partial charge in [0.05, 0.1) is 59.4 Å². The van der Waals surface area contributed by atoms with E-state index in [9.17, 15) is 29.1 Å². The number of anilines is 1. The molecule has 20 heteroatoms. The number of benzene rings is 3. The third kappa shape index (κ3) is 12.9. The number of likely N-dealkylation sites (tertiary alicyclic amines) is 1. The summed E-state index contributed by atoms with van der Waals surface area (Å²) in [6.45, 7) is 19.5. The first-order valence-corrected chi connectivity index (χ1v) is 29.4. The van der Waals surface area contributed by atoms with Crippen molar-refractivity contribution >= 4 is 75.1 Å². The minimum atomic E-state index is -0.994. The molecular formula is C60H71ClN10O7S2. The van der Waals surface area contributed by atoms with E-state index >= 15 is 0 Å². The van der Waals surface area contributed by atoms with Crippen LogP contribution in [0.5, 0.6) is 0 Å². The number of carbonyl (C=O) groups excluding carboxylic acids is 5. The van der Waals surface area contributed by atoms with Crippen LogP contribution in [0.2, 0.25) is 5.02 Å². The van der Waals surface area contributed by atoms with E-state index in [1.165, 1.54) is 9.78 Å². The van der Waals surface area contributed by atoms with Crippen LogP contribution >= 0.6 is 34.3 Å². The number of hydrogen-bond donors (Lipinski definition) is 3. The number of aliphatic hydroxyl groups is 1. The van der Waals surface area contributed by atoms with E-state index in [0.717, 1.165) is 66.2 Å². The Bertz CT molecular complexity index is 3270. The highest BCUT2D eigenvalue weighted by Crippen LogP contribution is 2.40. The molecule has 2 saturated heterocycles. The van der Waals surface area contributed by atoms with Crippen molar-refractivity contribution in [1.29, 1.82) is 0 Å². The van der Waals surface area contributed by atoms with E-state index in [0.29, 0.717) is 37.0 Å². The van der Waals surface area contributed by atoms with Crippen molar-refractivity contribution in [3.63, 3.8) is 0 Å². The number of rotatable bonds is 18. The zero-order valence-electron chi connectivity index (χ0n) is 46.9. The molecule has 0 radical (unpaired) electrons. The van der Waals surface area contributed by atoms with E-state index in [1.54, 1.807) is 27.6 Å². The highest BCUT2D eigenvalue weighted by atomic mass is 35.5. The number of hydrogen-bond acceptors (Lipinski definition) is 14. The quantitative estimate of drug-likeness (QED) is 0.0694. The third-order valence-corrected chi connectivity index (χ3v) is 18.0. The number of aryl methyl sites for hydroxylation is 3. The molecule has 3 aromatic carbocycles. The number of ketones is 1. The van der Waals surface area contributed by atoms with Crippen LogP contribution in [0.1, 0.15) is 128 Å². The second-order valence-corrected chi connectivity index (χ2v) is 24.9. The van der Waals surface area contributed by atoms with Crippen molar-refractivity contribution in [3.8, 4) is 15.4 Å². The number of aromatic nitrogens is 4. The van der Waals surface area contributed by atoms with Crippen molar-refractivity contribution in [3.05, 3.63) is 133 Å². The summed E-state index contributed by atoms with van der Waals surface area (Å²) < 4.78 is 7.72. The lowest BCUT2D eigenvalue weighted by Crippen LogP contribution is -2.57. The molecule has 4 amide bonds. The van der Waals surface area contributed by atoms with Crippen molar-refractivity contribution in [1.82, 2.24) is 40.2 Å². The molecule has 0 bridgehead atoms. The van der Waals surface area contributed by atoms with Crippen LogP contribution in [-0.2, 0) is 28.7 Å². The number of amides is 4. The molecule has 9 rings (SSSR count). The highest BCUT2D eigenvalue weighted by Gasteiger charge is 2.44. The van der Waals surface area contributed by atoms with Gasteiger partial charge in [-0.25, -0.2) is 4.98 Å². The lowest BCUT2D eigenvalue weighted by molar-refractivity contribution is -0.144. The number of halogens is 1. The molecule has 3 aromatic heterocycles. The molecule has 6 aromatic rings. The summed E-state index contributed by atoms with van der Waals surface area (Å²) in [4.78, 5) is 85.8. The fourth-order valence-corrected chi connectivity index (χ4v) is 13.0. The van der Waals surface area contributed by atoms with Crippen LogP contribution in [0.4, 0.5) is 5.69 Å². The second-order valence-electron chi connectivity index (χ2n) is 22.4. The summed E-state index contributed by atoms with van der Waals surface area (Å²) in [6.07, 6.45) is -0.399. The summed E-state index contributed by atoms with van der Waals surface area (Å²) in [6, 6.07) is 21.1. The zero-order valence-corrected chi connectivity index (χ0v) is 49.3. The molecule has 3 aliphatic heterocycles. The smallest absolute Gasteiger partial charge is 0.246 e. The number of piperazine rings is 1. The van der Waals surface area contributed by atoms with E-state index in [-0.39, 0.29) is 75.0 Å². The summed E-state index contributed by atoms with van der Waals surface area (Å²) >= 11 is 9.54. The summed E-state index contributed by atoms with van der Waals surface area (Å²) in [5.74, 6) is -0.129. The standard InChI is InChI=1S/C60H71ClN10O7S2/c1-34(40-10-12-43(13-11-40)55-37(4)62-33-79-55)28-49(73)48-29-46(72)31-70(48)58(77)56(60(7,8)9)65-51(75)32-78-27-22-52(76)69-25-23-68(24-26-69)45-20-16-41(17-21-45)36(3)63-50(74)30-47-57-67-66-39(6)71(57)59-53(35(2)38(5)80-59)54(64-47)42-14-18-44(61)19-15-42/h10-21,33-34,36,46-48,56,72H,22-32H2,1-9H3,(H,63,74)(H,65,75)/t34-,36+,46-,47+,48+,56-/m1/s1. The largest absolute Gasteiger partial charge is 0.391 e. The molecule has 0 unspecified atom stereocenters. The predicted molar refractivity (Wildman–Crippen MR) is 313 cm³/mol. The monoisotopic (exact) mass is 1140 g/mol. The van der Waals surface area contributed by atoms with Gasteiger partial charge in [0, 0.05) is 72.3 Å². The Morgan fingerprint density at radius 3 is 2.19 bits per heavy atom. The van der Waals surface area contributed by atoms with Gasteiger partial charge in [-0.15, -0.1) is 32.9 Å². The number of Topliss-reactive ketones (excluding diaryl/α,β-unsaturated/α-hetero) is 1. The van der Waals surface area contributed by atoms with Crippen LogP contribution < -0.4 is 15.5 Å². The Labute approximate surface area is 480 Å². The minimum absolute atomic E-state index is 0.00833. The second kappa shape index (κ2) is 24.6. The van der Waals surface area contributed by atoms with Crippen LogP contribution in [-0.4, -0.2) is 134 Å². The number of aliphatic imine (C=N–C) groups is 1. The molecule has 80 heavy (non-hydrogen) atoms. The Morgan fingerprint density at radius 2 is 1.52 bits per heavy atom. The van der Waals surface area contributed by atoms with E-state index in [4.69, 9.17) is 21.3 Å². The first kappa shape index (κ1) is 58.0. The van der Waals surface area contributed by atoms with Crippen LogP contribution in [0, 0.1) is 33.1 Å². The molecule has 422 valence electrons. The maximum atomic E-state index is 14.2. The predicted octanol–water partition coefficient (Wildman–Crippen LogP) is 8.81. The minimum Gasteiger partial charge on any atom is -0.391 e. The van der Waals surface area contributed by atoms with Gasteiger partial charge in [-0.2, -0.15) is 0 Å². The fourth-order valence-electron chi connectivity index (χ4n) is 10.8. The van der Waals surface area contributed by atoms with Gasteiger partial charge in [0.1, 0.15) is 29.5 Å². The SMILES string of the molecule is Cc1ncsc1-c1ccc([C@H](C)CC(=O)[C@@H]2C[C@@H](O)CN2C(=O)[C@@H](NC(=O)COCCC(=O)N2CCN(c3ccc([C@H](C)NC(=O)C[C@@H]4N=C(c5ccc(Cl)cc5)c5c(sc(C)c5C)-n5c(C)nnc54)cc3)CC2)C(C)(C)C)cc1. The average Bonchev–Trinajstić information content (AvgIpc) is 4.29. The lowest BCUT2D eigenvalue weighted by atomic mass is 9.85. The number of carbonyl (C=O) groups is 5. The van der Waals surface area contributed by atoms with Crippen molar-refractivity contribution in [2.24, 2.45) is 10.4 Å². The Hall–Kier alpha value is -6.64. The van der Waals surface area contributed by atoms with Gasteiger partial charge < -0.3 is 35.2 Å². The first-order chi connectivity index (χ1) is 38.1. The molecule has 3 aliphatic rings. The van der Waals surface area contributed by atoms with Gasteiger partial charge in [0.2, 0.25) is 23.6 Å². The van der Waals surface area contributed by atoms with Gasteiger partial charge >= 0.3 is 0 Å². The number of nitrogens with one attached hydrogen (secondary N) is 2. The molecule has 6 atom stereocenters. The number of thiazole rings is 1. The molecule has 0 saturated carbocycles. The van der Waals surface area contributed by atoms with Gasteiger partial charge in [-0.3, -0.25) is 33.5 Å². The Kier molecular flexibility index (Phi) is 17.9. The molecule has 3 N–H and O–H groups in total. The van der Waals surface area contributed by atoms with E-state index in [2.05, 4.69) is 44.6 Å². The number of aliphatic hydroxyl groups excluding tert-OH is 1. The summed E-state index contributed by atoms with van der Waals surface area (Å²) in [7, 11) is 0. The van der Waals surface area contributed by atoms with Crippen molar-refractivity contribution in [2.75, 3.05) is 50.8 Å². The Balaban J connectivity index is 0.719. The number of thiophene rings is 1. The van der Waals surface area contributed by atoms with E-state index < -0.39 is 41.5 Å². The fraction of sp³-hybridized carbons (Fsp3) is 0.450. The number of nitrogens with zero attached hydrogens (tertiary/aromatic N) is 8. The van der Waals surface area contributed by atoms with Gasteiger partial charge in [-0.05, 0) is 92.5 Å². The zero-order chi connectivity index (χ0) is 57.2. The van der Waals surface area contributed by atoms with Crippen molar-refractivity contribution in [2.45, 2.75) is 124 Å². The van der Waals surface area contributed by atoms with Crippen LogP contribution in [0.15, 0.2) is 83.3 Å². The molecule has 0 spiro atoms. The molecule has 0 aliphatic carbocycles. The van der Waals surface area contributed by atoms with E-state index in [1.807, 2.05) is 131 Å². The first-order valence-electron chi connectivity index (χ1n) is 27.3. The summed E-state index contributed by atoms with van der Waals surface area (Å²) in [5, 5.41) is 27.3. The summed E-state index contributed by atoms with van der Waals surface area (Å²) in [5.41, 5.74) is 9.89. The number of β-amino-alcohol motifs (C(OH)–C–C–N with tert-alkyl or cyclic N) is 1. The molecule has 2 fully saturated rings. The highest BCUT2D eigenvalue weighted by molar-refractivity contribution is 7.15.